The van der Waals surface area contributed by atoms with Crippen LogP contribution < -0.4 is 0 Å². The molecule has 6 nitrogen and oxygen atoms in total. The van der Waals surface area contributed by atoms with Crippen LogP contribution in [0.2, 0.25) is 0 Å². The lowest BCUT2D eigenvalue weighted by Gasteiger charge is -2.26. The van der Waals surface area contributed by atoms with E-state index in [1.807, 2.05) is 4.90 Å². The summed E-state index contributed by atoms with van der Waals surface area (Å²) in [5.74, 6) is 1.45. The Hall–Kier alpha value is -0.690. The standard InChI is InChI=1S/C45H91NO5/c1-5-9-13-15-21-29-41(27-19-11-7-3)30-23-17-18-24-32-43(48)39-46(36-37-47)40-44(49)33-25-26-34-45(50)51-38-35-42(28-20-12-8-4)31-22-16-14-10-6-2/h41-44,47-49H,5-40H2,1-4H3. The second kappa shape index (κ2) is 39.0. The predicted octanol–water partition coefficient (Wildman–Crippen LogP) is 12.0. The molecular formula is C45H91NO5. The van der Waals surface area contributed by atoms with Gasteiger partial charge in [0.25, 0.3) is 0 Å². The first kappa shape index (κ1) is 50.3. The van der Waals surface area contributed by atoms with Crippen LogP contribution in [-0.2, 0) is 9.53 Å². The van der Waals surface area contributed by atoms with Crippen LogP contribution in [0.5, 0.6) is 0 Å². The van der Waals surface area contributed by atoms with Crippen LogP contribution in [0.4, 0.5) is 0 Å². The van der Waals surface area contributed by atoms with Crippen molar-refractivity contribution in [2.24, 2.45) is 11.8 Å². The van der Waals surface area contributed by atoms with Crippen molar-refractivity contribution < 1.29 is 24.9 Å². The first-order chi connectivity index (χ1) is 24.9. The van der Waals surface area contributed by atoms with Gasteiger partial charge in [-0.05, 0) is 37.5 Å². The Bertz CT molecular complexity index is 706. The fourth-order valence-electron chi connectivity index (χ4n) is 7.71. The van der Waals surface area contributed by atoms with E-state index in [1.165, 1.54) is 154 Å². The van der Waals surface area contributed by atoms with Crippen LogP contribution in [0.15, 0.2) is 0 Å². The van der Waals surface area contributed by atoms with Gasteiger partial charge < -0.3 is 20.1 Å². The maximum Gasteiger partial charge on any atom is 0.305 e. The number of aliphatic hydroxyl groups excluding tert-OH is 3. The molecule has 0 saturated carbocycles. The highest BCUT2D eigenvalue weighted by molar-refractivity contribution is 5.69. The van der Waals surface area contributed by atoms with Gasteiger partial charge in [-0.2, -0.15) is 0 Å². The maximum atomic E-state index is 12.4. The van der Waals surface area contributed by atoms with Gasteiger partial charge in [-0.3, -0.25) is 9.69 Å². The van der Waals surface area contributed by atoms with Crippen molar-refractivity contribution in [1.82, 2.24) is 4.90 Å². The van der Waals surface area contributed by atoms with Crippen LogP contribution in [0.3, 0.4) is 0 Å². The Kier molecular flexibility index (Phi) is 38.5. The Labute approximate surface area is 318 Å². The Morgan fingerprint density at radius 3 is 1.27 bits per heavy atom. The van der Waals surface area contributed by atoms with Crippen LogP contribution in [0, 0.1) is 11.8 Å². The molecule has 0 saturated heterocycles. The molecule has 0 spiro atoms. The minimum absolute atomic E-state index is 0.0155. The second-order valence-corrected chi connectivity index (χ2v) is 16.2. The van der Waals surface area contributed by atoms with Gasteiger partial charge in [-0.15, -0.1) is 0 Å². The van der Waals surface area contributed by atoms with Gasteiger partial charge in [-0.1, -0.05) is 195 Å². The quantitative estimate of drug-likeness (QED) is 0.0429. The van der Waals surface area contributed by atoms with Crippen molar-refractivity contribution in [3.05, 3.63) is 0 Å². The Morgan fingerprint density at radius 2 is 0.843 bits per heavy atom. The first-order valence-electron chi connectivity index (χ1n) is 22.7. The monoisotopic (exact) mass is 726 g/mol. The minimum Gasteiger partial charge on any atom is -0.466 e. The number of nitrogens with zero attached hydrogens (tertiary/aromatic N) is 1. The molecule has 4 atom stereocenters. The van der Waals surface area contributed by atoms with E-state index in [2.05, 4.69) is 27.7 Å². The van der Waals surface area contributed by atoms with Gasteiger partial charge in [0, 0.05) is 26.1 Å². The molecule has 6 heteroatoms. The van der Waals surface area contributed by atoms with Crippen LogP contribution in [0.1, 0.15) is 227 Å². The summed E-state index contributed by atoms with van der Waals surface area (Å²) in [6.07, 6.45) is 36.0. The van der Waals surface area contributed by atoms with Crippen molar-refractivity contribution in [2.75, 3.05) is 32.8 Å². The van der Waals surface area contributed by atoms with Crippen LogP contribution >= 0.6 is 0 Å². The molecule has 3 N–H and O–H groups in total. The van der Waals surface area contributed by atoms with Crippen molar-refractivity contribution >= 4 is 5.97 Å². The molecule has 51 heavy (non-hydrogen) atoms. The summed E-state index contributed by atoms with van der Waals surface area (Å²) in [5, 5.41) is 31.0. The topological polar surface area (TPSA) is 90.2 Å². The van der Waals surface area contributed by atoms with Crippen LogP contribution in [-0.4, -0.2) is 71.2 Å². The number of ether oxygens (including phenoxy) is 1. The largest absolute Gasteiger partial charge is 0.466 e. The summed E-state index contributed by atoms with van der Waals surface area (Å²) in [7, 11) is 0. The van der Waals surface area contributed by atoms with Crippen molar-refractivity contribution in [2.45, 2.75) is 239 Å². The Morgan fingerprint density at radius 1 is 0.490 bits per heavy atom. The maximum absolute atomic E-state index is 12.4. The molecule has 0 aliphatic rings. The zero-order chi connectivity index (χ0) is 37.6. The van der Waals surface area contributed by atoms with Gasteiger partial charge in [-0.25, -0.2) is 0 Å². The molecule has 0 aromatic heterocycles. The van der Waals surface area contributed by atoms with Gasteiger partial charge in [0.1, 0.15) is 0 Å². The van der Waals surface area contributed by atoms with E-state index in [1.54, 1.807) is 0 Å². The van der Waals surface area contributed by atoms with Crippen molar-refractivity contribution in [3.8, 4) is 0 Å². The number of unbranched alkanes of at least 4 members (excludes halogenated alkanes) is 16. The molecule has 0 aromatic rings. The number of aliphatic hydroxyl groups is 3. The SMILES string of the molecule is CCCCCCCC(CCCCC)CCCCCCC(O)CN(CCO)CC(O)CCCCC(=O)OCCC(CCCCC)CCCCCCC. The van der Waals surface area contributed by atoms with E-state index >= 15 is 0 Å². The fourth-order valence-corrected chi connectivity index (χ4v) is 7.71. The molecule has 0 heterocycles. The van der Waals surface area contributed by atoms with Crippen LogP contribution in [0.25, 0.3) is 0 Å². The molecule has 0 aliphatic carbocycles. The summed E-state index contributed by atoms with van der Waals surface area (Å²) in [5.41, 5.74) is 0. The lowest BCUT2D eigenvalue weighted by atomic mass is 9.89. The lowest BCUT2D eigenvalue weighted by Crippen LogP contribution is -2.39. The zero-order valence-corrected chi connectivity index (χ0v) is 34.9. The summed E-state index contributed by atoms with van der Waals surface area (Å²) < 4.78 is 5.61. The molecule has 0 radical (unpaired) electrons. The highest BCUT2D eigenvalue weighted by Gasteiger charge is 2.16. The van der Waals surface area contributed by atoms with Gasteiger partial charge in [0.15, 0.2) is 0 Å². The highest BCUT2D eigenvalue weighted by Crippen LogP contribution is 2.25. The van der Waals surface area contributed by atoms with E-state index in [0.717, 1.165) is 31.6 Å². The average Bonchev–Trinajstić information content (AvgIpc) is 3.11. The molecule has 0 aromatic carbocycles. The molecule has 0 amide bonds. The molecule has 0 rings (SSSR count). The average molecular weight is 726 g/mol. The molecule has 4 unspecified atom stereocenters. The smallest absolute Gasteiger partial charge is 0.305 e. The highest BCUT2D eigenvalue weighted by atomic mass is 16.5. The third-order valence-electron chi connectivity index (χ3n) is 11.1. The predicted molar refractivity (Wildman–Crippen MR) is 219 cm³/mol. The molecule has 0 fully saturated rings. The number of carbonyl (C=O) groups excluding carboxylic acids is 1. The lowest BCUT2D eigenvalue weighted by molar-refractivity contribution is -0.144. The third-order valence-corrected chi connectivity index (χ3v) is 11.1. The number of carbonyl (C=O) groups is 1. The van der Waals surface area contributed by atoms with E-state index in [-0.39, 0.29) is 12.6 Å². The van der Waals surface area contributed by atoms with E-state index in [4.69, 9.17) is 4.74 Å². The molecule has 0 aliphatic heterocycles. The van der Waals surface area contributed by atoms with Gasteiger partial charge in [0.2, 0.25) is 0 Å². The zero-order valence-electron chi connectivity index (χ0n) is 34.9. The third kappa shape index (κ3) is 34.8. The summed E-state index contributed by atoms with van der Waals surface area (Å²) >= 11 is 0. The molecule has 0 bridgehead atoms. The van der Waals surface area contributed by atoms with Crippen molar-refractivity contribution in [3.63, 3.8) is 0 Å². The summed E-state index contributed by atoms with van der Waals surface area (Å²) in [4.78, 5) is 14.4. The van der Waals surface area contributed by atoms with E-state index < -0.39 is 12.2 Å². The number of rotatable bonds is 41. The fraction of sp³-hybridized carbons (Fsp3) is 0.978. The van der Waals surface area contributed by atoms with E-state index in [9.17, 15) is 20.1 Å². The van der Waals surface area contributed by atoms with Gasteiger partial charge in [0.05, 0.1) is 25.4 Å². The minimum atomic E-state index is -0.530. The van der Waals surface area contributed by atoms with E-state index in [0.29, 0.717) is 51.4 Å². The van der Waals surface area contributed by atoms with Gasteiger partial charge >= 0.3 is 5.97 Å². The number of hydrogen-bond donors (Lipinski definition) is 3. The number of hydrogen-bond acceptors (Lipinski definition) is 6. The number of esters is 1. The molecule has 306 valence electrons. The Balaban J connectivity index is 4.22. The molecular weight excluding hydrogens is 634 g/mol. The normalized spacial score (nSPS) is 14.2. The summed E-state index contributed by atoms with van der Waals surface area (Å²) in [6.45, 7) is 11.0. The van der Waals surface area contributed by atoms with Crippen molar-refractivity contribution in [1.29, 1.82) is 0 Å². The summed E-state index contributed by atoms with van der Waals surface area (Å²) in [6, 6.07) is 0. The first-order valence-corrected chi connectivity index (χ1v) is 22.7. The second-order valence-electron chi connectivity index (χ2n) is 16.2.